The molecule has 0 atom stereocenters. The molecule has 1 aromatic heterocycles. The Bertz CT molecular complexity index is 1580. The maximum absolute atomic E-state index is 13.5. The Morgan fingerprint density at radius 3 is 2.45 bits per heavy atom. The van der Waals surface area contributed by atoms with E-state index < -0.39 is 0 Å². The number of nitrogens with zero attached hydrogens (tertiary/aromatic N) is 3. The average molecular weight is 600 g/mol. The molecule has 216 valence electrons. The second-order valence-electron chi connectivity index (χ2n) is 9.71. The van der Waals surface area contributed by atoms with Crippen molar-refractivity contribution in [3.05, 3.63) is 95.0 Å². The number of ether oxygens (including phenoxy) is 3. The molecule has 42 heavy (non-hydrogen) atoms. The predicted octanol–water partition coefficient (Wildman–Crippen LogP) is 7.18. The lowest BCUT2D eigenvalue weighted by Crippen LogP contribution is -2.30. The number of carbonyl (C=O) groups is 1. The van der Waals surface area contributed by atoms with Gasteiger partial charge in [-0.2, -0.15) is 5.10 Å². The summed E-state index contributed by atoms with van der Waals surface area (Å²) in [5, 5.41) is 4.91. The van der Waals surface area contributed by atoms with Gasteiger partial charge in [-0.05, 0) is 73.0 Å². The molecule has 0 saturated carbocycles. The number of carbonyl (C=O) groups excluding carboxylic acids is 1. The molecule has 3 aromatic carbocycles. The molecule has 5 rings (SSSR count). The monoisotopic (exact) mass is 599 g/mol. The molecular formula is C33H33N3O4S2. The van der Waals surface area contributed by atoms with Gasteiger partial charge in [0.2, 0.25) is 0 Å². The van der Waals surface area contributed by atoms with Crippen LogP contribution in [0.5, 0.6) is 17.2 Å². The quantitative estimate of drug-likeness (QED) is 0.0971. The minimum Gasteiger partial charge on any atom is -0.494 e. The highest BCUT2D eigenvalue weighted by atomic mass is 32.2. The van der Waals surface area contributed by atoms with Crippen LogP contribution in [0.25, 0.3) is 23.0 Å². The second-order valence-corrected chi connectivity index (χ2v) is 11.4. The van der Waals surface area contributed by atoms with Crippen LogP contribution in [0.2, 0.25) is 0 Å². The lowest BCUT2D eigenvalue weighted by molar-refractivity contribution is -0.122. The van der Waals surface area contributed by atoms with Crippen LogP contribution in [0.1, 0.15) is 30.9 Å². The summed E-state index contributed by atoms with van der Waals surface area (Å²) in [6.07, 6.45) is 6.57. The largest absolute Gasteiger partial charge is 0.494 e. The van der Waals surface area contributed by atoms with Crippen molar-refractivity contribution in [2.45, 2.75) is 26.2 Å². The third kappa shape index (κ3) is 6.69. The Kier molecular flexibility index (Phi) is 9.61. The third-order valence-electron chi connectivity index (χ3n) is 6.89. The van der Waals surface area contributed by atoms with E-state index in [0.29, 0.717) is 40.3 Å². The van der Waals surface area contributed by atoms with E-state index >= 15 is 0 Å². The van der Waals surface area contributed by atoms with E-state index in [-0.39, 0.29) is 5.91 Å². The molecule has 2 heterocycles. The van der Waals surface area contributed by atoms with Gasteiger partial charge < -0.3 is 14.2 Å². The number of hydrogen-bond acceptors (Lipinski definition) is 7. The summed E-state index contributed by atoms with van der Waals surface area (Å²) in [6, 6.07) is 23.6. The van der Waals surface area contributed by atoms with Gasteiger partial charge in [-0.3, -0.25) is 9.69 Å². The summed E-state index contributed by atoms with van der Waals surface area (Å²) in [5.74, 6) is 2.04. The van der Waals surface area contributed by atoms with Gasteiger partial charge in [-0.1, -0.05) is 61.6 Å². The molecule has 1 aliphatic heterocycles. The molecular weight excluding hydrogens is 567 g/mol. The van der Waals surface area contributed by atoms with E-state index in [1.165, 1.54) is 11.8 Å². The Labute approximate surface area is 256 Å². The van der Waals surface area contributed by atoms with E-state index in [9.17, 15) is 4.79 Å². The molecule has 0 spiro atoms. The lowest BCUT2D eigenvalue weighted by Gasteiger charge is -2.15. The molecule has 1 saturated heterocycles. The average Bonchev–Trinajstić information content (AvgIpc) is 3.56. The van der Waals surface area contributed by atoms with E-state index in [4.69, 9.17) is 31.5 Å². The molecule has 0 bridgehead atoms. The Morgan fingerprint density at radius 2 is 1.74 bits per heavy atom. The number of unbranched alkanes of at least 4 members (excludes halogenated alkanes) is 1. The summed E-state index contributed by atoms with van der Waals surface area (Å²) in [7, 11) is 3.22. The van der Waals surface area contributed by atoms with Crippen molar-refractivity contribution in [3.63, 3.8) is 0 Å². The summed E-state index contributed by atoms with van der Waals surface area (Å²) >= 11 is 6.94. The SMILES string of the molecule is CCCCOc1ccc(-c2nn(-c3ccccc3)cc2C=C2SC(=S)N(CCc3ccc(OC)c(OC)c3)C2=O)cc1. The first-order valence-corrected chi connectivity index (χ1v) is 15.1. The van der Waals surface area contributed by atoms with E-state index in [2.05, 4.69) is 6.92 Å². The van der Waals surface area contributed by atoms with E-state index in [1.807, 2.05) is 89.8 Å². The number of hydrogen-bond donors (Lipinski definition) is 0. The molecule has 1 fully saturated rings. The van der Waals surface area contributed by atoms with Crippen molar-refractivity contribution < 1.29 is 19.0 Å². The first kappa shape index (κ1) is 29.4. The van der Waals surface area contributed by atoms with Crippen LogP contribution < -0.4 is 14.2 Å². The van der Waals surface area contributed by atoms with Crippen molar-refractivity contribution in [2.75, 3.05) is 27.4 Å². The topological polar surface area (TPSA) is 65.8 Å². The second kappa shape index (κ2) is 13.7. The Hall–Kier alpha value is -4.08. The third-order valence-corrected chi connectivity index (χ3v) is 8.27. The summed E-state index contributed by atoms with van der Waals surface area (Å²) in [5.41, 5.74) is 4.50. The minimum atomic E-state index is -0.108. The van der Waals surface area contributed by atoms with E-state index in [0.717, 1.165) is 46.7 Å². The van der Waals surface area contributed by atoms with Gasteiger partial charge in [-0.15, -0.1) is 0 Å². The zero-order valence-corrected chi connectivity index (χ0v) is 25.5. The van der Waals surface area contributed by atoms with Gasteiger partial charge >= 0.3 is 0 Å². The number of thiocarbonyl (C=S) groups is 1. The molecule has 0 unspecified atom stereocenters. The van der Waals surface area contributed by atoms with Gasteiger partial charge in [0.15, 0.2) is 11.5 Å². The fourth-order valence-electron chi connectivity index (χ4n) is 4.58. The fraction of sp³-hybridized carbons (Fsp3) is 0.242. The van der Waals surface area contributed by atoms with Gasteiger partial charge in [-0.25, -0.2) is 4.68 Å². The molecule has 0 N–H and O–H groups in total. The van der Waals surface area contributed by atoms with Crippen LogP contribution in [-0.2, 0) is 11.2 Å². The molecule has 0 aliphatic carbocycles. The van der Waals surface area contributed by atoms with Crippen molar-refractivity contribution in [2.24, 2.45) is 0 Å². The van der Waals surface area contributed by atoms with Crippen LogP contribution in [0, 0.1) is 0 Å². The highest BCUT2D eigenvalue weighted by Crippen LogP contribution is 2.36. The van der Waals surface area contributed by atoms with Crippen molar-refractivity contribution >= 4 is 40.3 Å². The van der Waals surface area contributed by atoms with Gasteiger partial charge in [0, 0.05) is 23.9 Å². The standard InChI is InChI=1S/C33H33N3O4S2/c1-4-5-19-40-27-14-12-24(13-15-27)31-25(22-36(34-31)26-9-7-6-8-10-26)21-30-32(37)35(33(41)42-30)18-17-23-11-16-28(38-2)29(20-23)39-3/h6-16,20-22H,4-5,17-19H2,1-3H3. The normalized spacial score (nSPS) is 14.1. The Balaban J connectivity index is 1.39. The highest BCUT2D eigenvalue weighted by Gasteiger charge is 2.32. The molecule has 1 amide bonds. The van der Waals surface area contributed by atoms with Crippen molar-refractivity contribution in [3.8, 4) is 34.2 Å². The number of methoxy groups -OCH3 is 2. The Morgan fingerprint density at radius 1 is 0.976 bits per heavy atom. The minimum absolute atomic E-state index is 0.108. The van der Waals surface area contributed by atoms with Crippen molar-refractivity contribution in [1.29, 1.82) is 0 Å². The molecule has 0 radical (unpaired) electrons. The van der Waals surface area contributed by atoms with Crippen LogP contribution in [0.4, 0.5) is 0 Å². The first-order chi connectivity index (χ1) is 20.5. The van der Waals surface area contributed by atoms with Crippen LogP contribution in [0.15, 0.2) is 83.9 Å². The van der Waals surface area contributed by atoms with Crippen molar-refractivity contribution in [1.82, 2.24) is 14.7 Å². The van der Waals surface area contributed by atoms with Crippen LogP contribution >= 0.6 is 24.0 Å². The maximum Gasteiger partial charge on any atom is 0.266 e. The van der Waals surface area contributed by atoms with Gasteiger partial charge in [0.05, 0.1) is 37.1 Å². The number of rotatable bonds is 12. The zero-order valence-electron chi connectivity index (χ0n) is 23.9. The molecule has 1 aliphatic rings. The number of amides is 1. The fourth-order valence-corrected chi connectivity index (χ4v) is 5.88. The maximum atomic E-state index is 13.5. The molecule has 7 nitrogen and oxygen atoms in total. The van der Waals surface area contributed by atoms with Gasteiger partial charge in [0.25, 0.3) is 5.91 Å². The lowest BCUT2D eigenvalue weighted by atomic mass is 10.1. The summed E-state index contributed by atoms with van der Waals surface area (Å²) in [6.45, 7) is 3.30. The number of thioether (sulfide) groups is 1. The number of para-hydroxylation sites is 1. The summed E-state index contributed by atoms with van der Waals surface area (Å²) in [4.78, 5) is 15.7. The first-order valence-electron chi connectivity index (χ1n) is 13.8. The van der Waals surface area contributed by atoms with Crippen LogP contribution in [-0.4, -0.2) is 52.3 Å². The zero-order chi connectivity index (χ0) is 29.5. The smallest absolute Gasteiger partial charge is 0.266 e. The number of aromatic nitrogens is 2. The summed E-state index contributed by atoms with van der Waals surface area (Å²) < 4.78 is 19.0. The molecule has 4 aromatic rings. The van der Waals surface area contributed by atoms with Gasteiger partial charge in [0.1, 0.15) is 10.1 Å². The number of benzene rings is 3. The van der Waals surface area contributed by atoms with E-state index in [1.54, 1.807) is 19.1 Å². The predicted molar refractivity (Wildman–Crippen MR) is 173 cm³/mol. The van der Waals surface area contributed by atoms with Crippen LogP contribution in [0.3, 0.4) is 0 Å². The molecule has 9 heteroatoms. The highest BCUT2D eigenvalue weighted by molar-refractivity contribution is 8.26.